The van der Waals surface area contributed by atoms with Gasteiger partial charge in [-0.2, -0.15) is 0 Å². The number of halogens is 1. The van der Waals surface area contributed by atoms with E-state index in [-0.39, 0.29) is 11.7 Å². The molecule has 0 spiro atoms. The Kier molecular flexibility index (Phi) is 8.95. The molecule has 0 saturated carbocycles. The van der Waals surface area contributed by atoms with Crippen LogP contribution in [-0.4, -0.2) is 18.4 Å². The van der Waals surface area contributed by atoms with E-state index in [4.69, 9.17) is 11.6 Å². The highest BCUT2D eigenvalue weighted by molar-refractivity contribution is 8.08. The number of rotatable bonds is 10. The van der Waals surface area contributed by atoms with Gasteiger partial charge in [0.2, 0.25) is 0 Å². The van der Waals surface area contributed by atoms with E-state index >= 15 is 0 Å². The summed E-state index contributed by atoms with van der Waals surface area (Å²) in [5.74, 6) is 1.19. The number of aryl methyl sites for hydroxylation is 1. The van der Waals surface area contributed by atoms with Gasteiger partial charge in [-0.15, -0.1) is 11.8 Å². The molecular weight excluding hydrogens is 436 g/mol. The molecule has 0 heterocycles. The number of thioether (sulfide) groups is 1. The van der Waals surface area contributed by atoms with Gasteiger partial charge in [-0.3, -0.25) is 4.99 Å². The van der Waals surface area contributed by atoms with Crippen molar-refractivity contribution in [1.82, 2.24) is 0 Å². The summed E-state index contributed by atoms with van der Waals surface area (Å²) in [4.78, 5) is 16.7. The van der Waals surface area contributed by atoms with Crippen LogP contribution in [0.4, 0.5) is 5.69 Å². The fourth-order valence-electron chi connectivity index (χ4n) is 3.60. The number of hydrogen-bond acceptors (Lipinski definition) is 4. The van der Waals surface area contributed by atoms with Crippen LogP contribution in [0, 0.1) is 5.92 Å². The highest BCUT2D eigenvalue weighted by Crippen LogP contribution is 2.39. The third-order valence-corrected chi connectivity index (χ3v) is 6.66. The molecule has 0 amide bonds. The van der Waals surface area contributed by atoms with Gasteiger partial charge in [-0.1, -0.05) is 67.1 Å². The average Bonchev–Trinajstić information content (AvgIpc) is 2.79. The molecule has 0 saturated heterocycles. The molecule has 5 heteroatoms. The minimum absolute atomic E-state index is 0.218. The lowest BCUT2D eigenvalue weighted by atomic mass is 9.90. The Morgan fingerprint density at radius 1 is 1.16 bits per heavy atom. The number of ketones is 1. The summed E-state index contributed by atoms with van der Waals surface area (Å²) >= 11 is 7.95. The summed E-state index contributed by atoms with van der Waals surface area (Å²) in [6, 6.07) is 18.6. The minimum atomic E-state index is 0.218. The molecular formula is C27H29ClN2OS. The van der Waals surface area contributed by atoms with Crippen LogP contribution in [-0.2, 0) is 11.2 Å². The lowest BCUT2D eigenvalue weighted by Gasteiger charge is -2.22. The van der Waals surface area contributed by atoms with Crippen molar-refractivity contribution in [2.75, 3.05) is 11.2 Å². The van der Waals surface area contributed by atoms with E-state index in [9.17, 15) is 4.79 Å². The molecule has 2 aromatic carbocycles. The number of carbonyl (C=O) groups excluding carboxylic acids is 1. The van der Waals surface area contributed by atoms with E-state index < -0.39 is 0 Å². The Bertz CT molecular complexity index is 1040. The van der Waals surface area contributed by atoms with Gasteiger partial charge >= 0.3 is 0 Å². The van der Waals surface area contributed by atoms with E-state index in [1.165, 1.54) is 5.56 Å². The predicted molar refractivity (Wildman–Crippen MR) is 140 cm³/mol. The van der Waals surface area contributed by atoms with Gasteiger partial charge < -0.3 is 10.1 Å². The number of allylic oxidation sites excluding steroid dienone is 4. The zero-order valence-electron chi connectivity index (χ0n) is 18.6. The number of hydrogen-bond donors (Lipinski definition) is 1. The standard InChI is InChI=1S/C27H29ClN2OS/c1-19-17-23(28)13-16-25(19)26(29-3)27(22-7-5-4-6-8-22)32-18-30-24-14-11-21(12-15-24)10-9-20(2)31/h4-8,11-16,19,30H,3,9-10,17-18H2,1-2H3/b27-26-/t19-/m1/s1. The number of carbonyl (C=O) groups is 1. The van der Waals surface area contributed by atoms with Crippen molar-refractivity contribution in [3.8, 4) is 0 Å². The Morgan fingerprint density at radius 3 is 2.50 bits per heavy atom. The lowest BCUT2D eigenvalue weighted by Crippen LogP contribution is -2.07. The molecule has 3 rings (SSSR count). The fraction of sp³-hybridized carbons (Fsp3) is 0.259. The molecule has 0 unspecified atom stereocenters. The van der Waals surface area contributed by atoms with Crippen LogP contribution in [0.15, 0.2) is 88.0 Å². The van der Waals surface area contributed by atoms with Crippen LogP contribution < -0.4 is 5.32 Å². The highest BCUT2D eigenvalue weighted by Gasteiger charge is 2.21. The maximum absolute atomic E-state index is 11.2. The van der Waals surface area contributed by atoms with Gasteiger partial charge in [0.05, 0.1) is 11.6 Å². The van der Waals surface area contributed by atoms with E-state index in [1.807, 2.05) is 24.3 Å². The number of anilines is 1. The molecule has 2 aromatic rings. The predicted octanol–water partition coefficient (Wildman–Crippen LogP) is 7.47. The number of nitrogens with zero attached hydrogens (tertiary/aromatic N) is 1. The van der Waals surface area contributed by atoms with E-state index in [1.54, 1.807) is 18.7 Å². The van der Waals surface area contributed by atoms with Crippen LogP contribution >= 0.6 is 23.4 Å². The summed E-state index contributed by atoms with van der Waals surface area (Å²) in [6.45, 7) is 7.69. The van der Waals surface area contributed by atoms with Gasteiger partial charge in [0.1, 0.15) is 5.78 Å². The number of aliphatic imine (C=N–C) groups is 1. The highest BCUT2D eigenvalue weighted by atomic mass is 35.5. The van der Waals surface area contributed by atoms with Crippen molar-refractivity contribution in [3.63, 3.8) is 0 Å². The van der Waals surface area contributed by atoms with Gasteiger partial charge in [0, 0.05) is 22.0 Å². The largest absolute Gasteiger partial charge is 0.376 e. The van der Waals surface area contributed by atoms with Crippen molar-refractivity contribution in [2.45, 2.75) is 33.1 Å². The molecule has 1 atom stereocenters. The first kappa shape index (κ1) is 24.1. The maximum atomic E-state index is 11.2. The third-order valence-electron chi connectivity index (χ3n) is 5.37. The van der Waals surface area contributed by atoms with Gasteiger partial charge in [-0.25, -0.2) is 0 Å². The molecule has 1 aliphatic rings. The summed E-state index contributed by atoms with van der Waals surface area (Å²) < 4.78 is 0. The molecule has 0 bridgehead atoms. The molecule has 32 heavy (non-hydrogen) atoms. The van der Waals surface area contributed by atoms with Crippen molar-refractivity contribution in [1.29, 1.82) is 0 Å². The Morgan fingerprint density at radius 2 is 1.88 bits per heavy atom. The summed E-state index contributed by atoms with van der Waals surface area (Å²) in [5.41, 5.74) is 5.41. The number of benzene rings is 2. The second-order valence-corrected chi connectivity index (χ2v) is 9.38. The second-order valence-electron chi connectivity index (χ2n) is 7.91. The molecule has 166 valence electrons. The third kappa shape index (κ3) is 6.72. The van der Waals surface area contributed by atoms with E-state index in [0.29, 0.717) is 12.3 Å². The average molecular weight is 465 g/mol. The molecule has 1 aliphatic carbocycles. The Labute approximate surface area is 200 Å². The van der Waals surface area contributed by atoms with Crippen molar-refractivity contribution >= 4 is 46.5 Å². The quantitative estimate of drug-likeness (QED) is 0.293. The maximum Gasteiger partial charge on any atom is 0.130 e. The molecule has 1 N–H and O–H groups in total. The summed E-state index contributed by atoms with van der Waals surface area (Å²) in [6.07, 6.45) is 6.21. The van der Waals surface area contributed by atoms with Gasteiger partial charge in [0.15, 0.2) is 0 Å². The Balaban J connectivity index is 1.78. The first-order chi connectivity index (χ1) is 15.5. The SMILES string of the molecule is C=N/C(C1=CC=C(Cl)C[C@H]1C)=C(\SCNc1ccc(CCC(C)=O)cc1)c1ccccc1. The fourth-order valence-corrected chi connectivity index (χ4v) is 4.90. The molecule has 0 radical (unpaired) electrons. The van der Waals surface area contributed by atoms with Crippen molar-refractivity contribution < 1.29 is 4.79 Å². The van der Waals surface area contributed by atoms with E-state index in [2.05, 4.69) is 66.4 Å². The summed E-state index contributed by atoms with van der Waals surface area (Å²) in [5, 5.41) is 4.35. The van der Waals surface area contributed by atoms with Crippen LogP contribution in [0.25, 0.3) is 4.91 Å². The van der Waals surface area contributed by atoms with Crippen molar-refractivity contribution in [3.05, 3.63) is 94.2 Å². The summed E-state index contributed by atoms with van der Waals surface area (Å²) in [7, 11) is 0. The second kappa shape index (κ2) is 11.9. The molecule has 3 nitrogen and oxygen atoms in total. The minimum Gasteiger partial charge on any atom is -0.376 e. The van der Waals surface area contributed by atoms with Gasteiger partial charge in [-0.05, 0) is 67.3 Å². The van der Waals surface area contributed by atoms with Crippen LogP contribution in [0.5, 0.6) is 0 Å². The molecule has 0 fully saturated rings. The lowest BCUT2D eigenvalue weighted by molar-refractivity contribution is -0.116. The van der Waals surface area contributed by atoms with Gasteiger partial charge in [0.25, 0.3) is 0 Å². The van der Waals surface area contributed by atoms with E-state index in [0.717, 1.165) is 45.3 Å². The molecule has 0 aromatic heterocycles. The van der Waals surface area contributed by atoms with Crippen LogP contribution in [0.1, 0.15) is 37.8 Å². The Hall–Kier alpha value is -2.56. The van der Waals surface area contributed by atoms with Crippen molar-refractivity contribution in [2.24, 2.45) is 10.9 Å². The zero-order chi connectivity index (χ0) is 22.9. The number of Topliss-reactive ketones (excluding diaryl/α,β-unsaturated/α-hetero) is 1. The van der Waals surface area contributed by atoms with Crippen LogP contribution in [0.2, 0.25) is 0 Å². The first-order valence-corrected chi connectivity index (χ1v) is 12.1. The monoisotopic (exact) mass is 464 g/mol. The number of nitrogens with one attached hydrogen (secondary N) is 1. The van der Waals surface area contributed by atoms with Crippen LogP contribution in [0.3, 0.4) is 0 Å². The molecule has 0 aliphatic heterocycles. The smallest absolute Gasteiger partial charge is 0.130 e. The first-order valence-electron chi connectivity index (χ1n) is 10.8. The zero-order valence-corrected chi connectivity index (χ0v) is 20.2. The topological polar surface area (TPSA) is 41.5 Å². The normalized spacial score (nSPS) is 16.5.